The molecule has 0 spiro atoms. The minimum absolute atomic E-state index is 0.00963. The smallest absolute Gasteiger partial charge is 0.255 e. The van der Waals surface area contributed by atoms with E-state index in [0.717, 1.165) is 0 Å². The molecule has 0 aliphatic rings. The highest BCUT2D eigenvalue weighted by molar-refractivity contribution is 5.96. The Kier molecular flexibility index (Phi) is 8.80. The molecular formula is C28H31F2N3O5. The summed E-state index contributed by atoms with van der Waals surface area (Å²) in [5, 5.41) is 11.3. The number of ether oxygens (including phenoxy) is 2. The number of pyridine rings is 1. The molecule has 5 N–H and O–H groups in total. The van der Waals surface area contributed by atoms with Gasteiger partial charge in [-0.1, -0.05) is 0 Å². The van der Waals surface area contributed by atoms with E-state index in [4.69, 9.17) is 20.9 Å². The molecule has 1 heterocycles. The first-order valence-electron chi connectivity index (χ1n) is 11.8. The number of carbonyl (C=O) groups excluding carboxylic acids is 2. The summed E-state index contributed by atoms with van der Waals surface area (Å²) >= 11 is 0. The Morgan fingerprint density at radius 1 is 1.05 bits per heavy atom. The van der Waals surface area contributed by atoms with Crippen LogP contribution in [0.4, 0.5) is 8.78 Å². The number of nitrogens with two attached hydrogens (primary N) is 2. The number of alkyl halides is 1. The second-order valence-corrected chi connectivity index (χ2v) is 9.50. The van der Waals surface area contributed by atoms with Gasteiger partial charge in [0.1, 0.15) is 18.1 Å². The summed E-state index contributed by atoms with van der Waals surface area (Å²) < 4.78 is 37.7. The van der Waals surface area contributed by atoms with Crippen LogP contribution in [0.15, 0.2) is 54.6 Å². The highest BCUT2D eigenvalue weighted by Gasteiger charge is 2.30. The van der Waals surface area contributed by atoms with Crippen LogP contribution in [0.1, 0.15) is 48.3 Å². The van der Waals surface area contributed by atoms with E-state index in [1.807, 2.05) is 0 Å². The molecule has 0 saturated heterocycles. The van der Waals surface area contributed by atoms with Gasteiger partial charge in [0.2, 0.25) is 0 Å². The number of Topliss-reactive ketones (excluding diaryl/α,β-unsaturated/α-hetero) is 1. The molecular weight excluding hydrogens is 496 g/mol. The molecule has 38 heavy (non-hydrogen) atoms. The molecule has 2 atom stereocenters. The van der Waals surface area contributed by atoms with E-state index >= 15 is 0 Å². The number of benzene rings is 2. The summed E-state index contributed by atoms with van der Waals surface area (Å²) in [7, 11) is 1.39. The normalized spacial score (nSPS) is 14.3. The summed E-state index contributed by atoms with van der Waals surface area (Å²) in [5.41, 5.74) is 10.2. The van der Waals surface area contributed by atoms with Gasteiger partial charge in [-0.15, -0.1) is 0 Å². The second-order valence-electron chi connectivity index (χ2n) is 9.50. The van der Waals surface area contributed by atoms with Crippen LogP contribution < -0.4 is 20.9 Å². The number of methoxy groups -OCH3 is 1. The molecule has 8 nitrogen and oxygen atoms in total. The number of hydrogen-bond donors (Lipinski definition) is 3. The van der Waals surface area contributed by atoms with Gasteiger partial charge in [0.25, 0.3) is 5.91 Å². The van der Waals surface area contributed by atoms with E-state index in [9.17, 15) is 23.5 Å². The average molecular weight is 528 g/mol. The number of nitrogens with zero attached hydrogens (tertiary/aromatic N) is 1. The lowest BCUT2D eigenvalue weighted by Crippen LogP contribution is -2.36. The van der Waals surface area contributed by atoms with Gasteiger partial charge in [0, 0.05) is 17.5 Å². The maximum atomic E-state index is 13.7. The van der Waals surface area contributed by atoms with Crippen molar-refractivity contribution in [2.45, 2.75) is 37.8 Å². The first-order valence-corrected chi connectivity index (χ1v) is 11.8. The number of carbonyl (C=O) groups is 2. The number of amides is 1. The number of ketones is 1. The van der Waals surface area contributed by atoms with Crippen LogP contribution in [0.2, 0.25) is 0 Å². The molecule has 3 rings (SSSR count). The van der Waals surface area contributed by atoms with Crippen LogP contribution >= 0.6 is 0 Å². The lowest BCUT2D eigenvalue weighted by Gasteiger charge is -2.27. The van der Waals surface area contributed by atoms with Gasteiger partial charge in [0.05, 0.1) is 24.0 Å². The van der Waals surface area contributed by atoms with E-state index < -0.39 is 29.5 Å². The van der Waals surface area contributed by atoms with Gasteiger partial charge in [-0.05, 0) is 80.4 Å². The zero-order valence-electron chi connectivity index (χ0n) is 21.5. The minimum atomic E-state index is -1.58. The van der Waals surface area contributed by atoms with Gasteiger partial charge >= 0.3 is 0 Å². The standard InChI is InChI=1S/C28H31F2N3O5/c1-27(32,16-29)19-13-21(17-4-7-20(30)8-5-17)33-25(14-19)28(2,36)11-10-22(34)18-6-9-23(24(12-18)37-3)38-15-26(31)35/h4-9,12-14,36H,10-11,15-16,32H2,1-3H3,(H2,31,35)/t27?,28-/m1/s1. The molecule has 10 heteroatoms. The molecule has 0 bridgehead atoms. The molecule has 1 amide bonds. The summed E-state index contributed by atoms with van der Waals surface area (Å²) in [4.78, 5) is 28.5. The third-order valence-electron chi connectivity index (χ3n) is 6.15. The number of aromatic nitrogens is 1. The minimum Gasteiger partial charge on any atom is -0.493 e. The van der Waals surface area contributed by atoms with Gasteiger partial charge in [-0.2, -0.15) is 0 Å². The predicted molar refractivity (Wildman–Crippen MR) is 138 cm³/mol. The maximum absolute atomic E-state index is 13.7. The Morgan fingerprint density at radius 3 is 2.34 bits per heavy atom. The molecule has 3 aromatic rings. The van der Waals surface area contributed by atoms with Crippen molar-refractivity contribution in [3.05, 3.63) is 77.2 Å². The van der Waals surface area contributed by atoms with Crippen LogP contribution in [-0.4, -0.2) is 42.2 Å². The Balaban J connectivity index is 1.87. The van der Waals surface area contributed by atoms with Crippen molar-refractivity contribution < 1.29 is 33.0 Å². The van der Waals surface area contributed by atoms with Crippen molar-refractivity contribution >= 4 is 11.7 Å². The fraction of sp³-hybridized carbons (Fsp3) is 0.321. The number of hydrogen-bond acceptors (Lipinski definition) is 7. The van der Waals surface area contributed by atoms with Crippen LogP contribution in [0.5, 0.6) is 11.5 Å². The maximum Gasteiger partial charge on any atom is 0.255 e. The van der Waals surface area contributed by atoms with Crippen LogP contribution in [0.25, 0.3) is 11.3 Å². The topological polar surface area (TPSA) is 138 Å². The first kappa shape index (κ1) is 28.7. The van der Waals surface area contributed by atoms with Gasteiger partial charge in [-0.3, -0.25) is 9.59 Å². The van der Waals surface area contributed by atoms with E-state index in [1.54, 1.807) is 6.07 Å². The summed E-state index contributed by atoms with van der Waals surface area (Å²) in [6.45, 7) is 1.82. The summed E-state index contributed by atoms with van der Waals surface area (Å²) in [5.74, 6) is -0.867. The lowest BCUT2D eigenvalue weighted by molar-refractivity contribution is -0.119. The van der Waals surface area contributed by atoms with E-state index in [1.165, 1.54) is 69.5 Å². The molecule has 2 aromatic carbocycles. The molecule has 0 aliphatic carbocycles. The molecule has 0 radical (unpaired) electrons. The largest absolute Gasteiger partial charge is 0.493 e. The quantitative estimate of drug-likeness (QED) is 0.305. The molecule has 0 saturated carbocycles. The second kappa shape index (κ2) is 11.7. The van der Waals surface area contributed by atoms with Crippen molar-refractivity contribution in [1.29, 1.82) is 0 Å². The number of rotatable bonds is 12. The fourth-order valence-electron chi connectivity index (χ4n) is 3.72. The zero-order valence-corrected chi connectivity index (χ0v) is 21.5. The number of aliphatic hydroxyl groups is 1. The lowest BCUT2D eigenvalue weighted by atomic mass is 9.87. The molecule has 0 aliphatic heterocycles. The Labute approximate surface area is 219 Å². The zero-order chi connectivity index (χ0) is 28.1. The van der Waals surface area contributed by atoms with Gasteiger partial charge in [0.15, 0.2) is 23.9 Å². The molecule has 1 aromatic heterocycles. The van der Waals surface area contributed by atoms with Crippen LogP contribution in [-0.2, 0) is 15.9 Å². The van der Waals surface area contributed by atoms with Crippen molar-refractivity contribution in [3.63, 3.8) is 0 Å². The third kappa shape index (κ3) is 6.90. The van der Waals surface area contributed by atoms with E-state index in [-0.39, 0.29) is 42.4 Å². The van der Waals surface area contributed by atoms with E-state index in [2.05, 4.69) is 4.98 Å². The predicted octanol–water partition coefficient (Wildman–Crippen LogP) is 3.77. The van der Waals surface area contributed by atoms with Crippen molar-refractivity contribution in [2.75, 3.05) is 20.4 Å². The number of primary amides is 1. The third-order valence-corrected chi connectivity index (χ3v) is 6.15. The average Bonchev–Trinajstić information content (AvgIpc) is 2.90. The van der Waals surface area contributed by atoms with Crippen molar-refractivity contribution in [1.82, 2.24) is 4.98 Å². The Bertz CT molecular complexity index is 1310. The Hall–Kier alpha value is -3.89. The molecule has 1 unspecified atom stereocenters. The summed E-state index contributed by atoms with van der Waals surface area (Å²) in [6, 6.07) is 13.2. The highest BCUT2D eigenvalue weighted by atomic mass is 19.1. The van der Waals surface area contributed by atoms with E-state index in [0.29, 0.717) is 22.4 Å². The summed E-state index contributed by atoms with van der Waals surface area (Å²) in [6.07, 6.45) is -0.0667. The SMILES string of the molecule is COc1cc(C(=O)CC[C@@](C)(O)c2cc(C(C)(N)CF)cc(-c3ccc(F)cc3)n2)ccc1OCC(N)=O. The van der Waals surface area contributed by atoms with Crippen molar-refractivity contribution in [3.8, 4) is 22.8 Å². The fourth-order valence-corrected chi connectivity index (χ4v) is 3.72. The monoisotopic (exact) mass is 527 g/mol. The first-order chi connectivity index (χ1) is 17.9. The van der Waals surface area contributed by atoms with Gasteiger partial charge in [-0.25, -0.2) is 13.8 Å². The Morgan fingerprint density at radius 2 is 1.74 bits per heavy atom. The van der Waals surface area contributed by atoms with Crippen LogP contribution in [0, 0.1) is 5.82 Å². The molecule has 0 fully saturated rings. The number of halogens is 2. The van der Waals surface area contributed by atoms with Gasteiger partial charge < -0.3 is 26.0 Å². The molecule has 202 valence electrons. The van der Waals surface area contributed by atoms with Crippen molar-refractivity contribution in [2.24, 2.45) is 11.5 Å². The highest BCUT2D eigenvalue weighted by Crippen LogP contribution is 2.33. The van der Waals surface area contributed by atoms with Crippen LogP contribution in [0.3, 0.4) is 0 Å².